The maximum absolute atomic E-state index is 12.7. The molecule has 2 aromatic carbocycles. The Morgan fingerprint density at radius 1 is 1.00 bits per heavy atom. The molecule has 4 rings (SSSR count). The maximum atomic E-state index is 12.7. The molecule has 2 aliphatic rings. The fraction of sp³-hybridized carbons (Fsp3) is 0.250. The predicted octanol–water partition coefficient (Wildman–Crippen LogP) is 6.34. The summed E-state index contributed by atoms with van der Waals surface area (Å²) in [4.78, 5) is 12.7. The topological polar surface area (TPSA) is 29.1 Å². The van der Waals surface area contributed by atoms with Gasteiger partial charge in [-0.3, -0.25) is 4.79 Å². The van der Waals surface area contributed by atoms with Crippen molar-refractivity contribution < 1.29 is 4.79 Å². The lowest BCUT2D eigenvalue weighted by molar-refractivity contribution is -0.122. The second-order valence-electron chi connectivity index (χ2n) is 8.20. The molecule has 1 aliphatic heterocycles. The SMILES string of the molecule is CC(CC1C=C(c2ccccc2)C(c2ccccc2)=CN1)C(=O)CCC1=CC=CC1. The minimum Gasteiger partial charge on any atom is -0.384 e. The molecule has 0 fully saturated rings. The minimum absolute atomic E-state index is 0.0393. The molecule has 2 unspecified atom stereocenters. The van der Waals surface area contributed by atoms with Crippen LogP contribution >= 0.6 is 0 Å². The minimum atomic E-state index is 0.0393. The number of allylic oxidation sites excluding steroid dienone is 6. The Balaban J connectivity index is 1.47. The molecular weight excluding hydrogens is 366 g/mol. The van der Waals surface area contributed by atoms with Crippen molar-refractivity contribution in [1.82, 2.24) is 5.32 Å². The highest BCUT2D eigenvalue weighted by Crippen LogP contribution is 2.34. The number of nitrogens with one attached hydrogen (secondary N) is 1. The summed E-state index contributed by atoms with van der Waals surface area (Å²) in [5.74, 6) is 0.398. The molecular formula is C28H29NO. The monoisotopic (exact) mass is 395 g/mol. The molecule has 152 valence electrons. The van der Waals surface area contributed by atoms with E-state index >= 15 is 0 Å². The number of ketones is 1. The lowest BCUT2D eigenvalue weighted by Crippen LogP contribution is -2.30. The van der Waals surface area contributed by atoms with Crippen LogP contribution in [0.4, 0.5) is 0 Å². The highest BCUT2D eigenvalue weighted by atomic mass is 16.1. The zero-order chi connectivity index (χ0) is 20.8. The zero-order valence-electron chi connectivity index (χ0n) is 17.6. The molecule has 1 N–H and O–H groups in total. The van der Waals surface area contributed by atoms with E-state index < -0.39 is 0 Å². The van der Waals surface area contributed by atoms with E-state index in [0.29, 0.717) is 12.2 Å². The van der Waals surface area contributed by atoms with Crippen LogP contribution in [0, 0.1) is 5.92 Å². The summed E-state index contributed by atoms with van der Waals surface area (Å²) in [6.45, 7) is 2.07. The van der Waals surface area contributed by atoms with E-state index in [9.17, 15) is 4.79 Å². The third-order valence-corrected chi connectivity index (χ3v) is 5.97. The van der Waals surface area contributed by atoms with Crippen LogP contribution in [0.25, 0.3) is 11.1 Å². The third-order valence-electron chi connectivity index (χ3n) is 5.97. The van der Waals surface area contributed by atoms with Gasteiger partial charge in [-0.1, -0.05) is 97.5 Å². The van der Waals surface area contributed by atoms with Gasteiger partial charge < -0.3 is 5.32 Å². The molecule has 0 radical (unpaired) electrons. The second kappa shape index (κ2) is 9.58. The van der Waals surface area contributed by atoms with E-state index in [0.717, 1.165) is 19.3 Å². The molecule has 30 heavy (non-hydrogen) atoms. The molecule has 2 heteroatoms. The smallest absolute Gasteiger partial charge is 0.136 e. The van der Waals surface area contributed by atoms with Gasteiger partial charge in [0, 0.05) is 30.2 Å². The van der Waals surface area contributed by atoms with Gasteiger partial charge >= 0.3 is 0 Å². The Labute approximate surface area is 179 Å². The van der Waals surface area contributed by atoms with Crippen LogP contribution in [0.2, 0.25) is 0 Å². The van der Waals surface area contributed by atoms with E-state index in [4.69, 9.17) is 0 Å². The van der Waals surface area contributed by atoms with Gasteiger partial charge in [0.1, 0.15) is 5.78 Å². The van der Waals surface area contributed by atoms with Gasteiger partial charge in [0.05, 0.1) is 0 Å². The lowest BCUT2D eigenvalue weighted by Gasteiger charge is -2.26. The Morgan fingerprint density at radius 2 is 1.67 bits per heavy atom. The summed E-state index contributed by atoms with van der Waals surface area (Å²) in [6.07, 6.45) is 14.1. The van der Waals surface area contributed by atoms with E-state index in [1.807, 2.05) is 12.1 Å². The highest BCUT2D eigenvalue weighted by molar-refractivity contribution is 6.05. The number of carbonyl (C=O) groups is 1. The molecule has 0 saturated heterocycles. The lowest BCUT2D eigenvalue weighted by atomic mass is 9.86. The van der Waals surface area contributed by atoms with Gasteiger partial charge in [0.25, 0.3) is 0 Å². The van der Waals surface area contributed by atoms with Crippen molar-refractivity contribution in [3.63, 3.8) is 0 Å². The Bertz CT molecular complexity index is 995. The van der Waals surface area contributed by atoms with E-state index in [1.54, 1.807) is 0 Å². The molecule has 1 heterocycles. The standard InChI is InChI=1S/C28H29NO/c1-21(28(30)17-16-22-10-8-9-11-22)18-25-19-26(23-12-4-2-5-13-23)27(20-29-25)24-14-6-3-7-15-24/h2-10,12-15,19-21,25,29H,11,16-18H2,1H3. The number of hydrogen-bond donors (Lipinski definition) is 1. The molecule has 1 aliphatic carbocycles. The number of dihydropyridines is 1. The molecule has 2 nitrogen and oxygen atoms in total. The van der Waals surface area contributed by atoms with Crippen LogP contribution in [0.3, 0.4) is 0 Å². The maximum Gasteiger partial charge on any atom is 0.136 e. The van der Waals surface area contributed by atoms with Crippen molar-refractivity contribution in [2.24, 2.45) is 5.92 Å². The first-order chi connectivity index (χ1) is 14.7. The van der Waals surface area contributed by atoms with E-state index in [2.05, 4.69) is 91.3 Å². The molecule has 2 atom stereocenters. The summed E-state index contributed by atoms with van der Waals surface area (Å²) < 4.78 is 0. The average Bonchev–Trinajstić information content (AvgIpc) is 3.32. The van der Waals surface area contributed by atoms with Crippen LogP contribution < -0.4 is 5.32 Å². The van der Waals surface area contributed by atoms with Gasteiger partial charge in [-0.15, -0.1) is 0 Å². The van der Waals surface area contributed by atoms with E-state index in [-0.39, 0.29) is 12.0 Å². The van der Waals surface area contributed by atoms with Gasteiger partial charge in [-0.05, 0) is 36.0 Å². The fourth-order valence-electron chi connectivity index (χ4n) is 4.19. The van der Waals surface area contributed by atoms with Crippen molar-refractivity contribution >= 4 is 16.9 Å². The predicted molar refractivity (Wildman–Crippen MR) is 126 cm³/mol. The first-order valence-electron chi connectivity index (χ1n) is 10.9. The Morgan fingerprint density at radius 3 is 2.30 bits per heavy atom. The number of rotatable bonds is 8. The highest BCUT2D eigenvalue weighted by Gasteiger charge is 2.22. The van der Waals surface area contributed by atoms with Crippen LogP contribution in [-0.4, -0.2) is 11.8 Å². The fourth-order valence-corrected chi connectivity index (χ4v) is 4.19. The number of Topliss-reactive ketones (excluding diaryl/α,β-unsaturated/α-hetero) is 1. The molecule has 0 amide bonds. The third kappa shape index (κ3) is 4.88. The van der Waals surface area contributed by atoms with Crippen LogP contribution in [-0.2, 0) is 4.79 Å². The summed E-state index contributed by atoms with van der Waals surface area (Å²) in [5, 5.41) is 3.54. The number of carbonyl (C=O) groups excluding carboxylic acids is 1. The van der Waals surface area contributed by atoms with Crippen molar-refractivity contribution in [3.8, 4) is 0 Å². The van der Waals surface area contributed by atoms with Gasteiger partial charge in [0.15, 0.2) is 0 Å². The summed E-state index contributed by atoms with van der Waals surface area (Å²) >= 11 is 0. The summed E-state index contributed by atoms with van der Waals surface area (Å²) in [6, 6.07) is 21.1. The second-order valence-corrected chi connectivity index (χ2v) is 8.20. The van der Waals surface area contributed by atoms with Crippen molar-refractivity contribution in [1.29, 1.82) is 0 Å². The molecule has 0 spiro atoms. The Kier molecular flexibility index (Phi) is 6.44. The molecule has 0 aromatic heterocycles. The summed E-state index contributed by atoms with van der Waals surface area (Å²) in [5.41, 5.74) is 6.19. The molecule has 0 bridgehead atoms. The average molecular weight is 396 g/mol. The van der Waals surface area contributed by atoms with Crippen LogP contribution in [0.15, 0.2) is 96.7 Å². The van der Waals surface area contributed by atoms with E-state index in [1.165, 1.54) is 27.8 Å². The summed E-state index contributed by atoms with van der Waals surface area (Å²) in [7, 11) is 0. The largest absolute Gasteiger partial charge is 0.384 e. The van der Waals surface area contributed by atoms with Crippen LogP contribution in [0.1, 0.15) is 43.7 Å². The molecule has 0 saturated carbocycles. The Hall–Kier alpha value is -3.13. The first-order valence-corrected chi connectivity index (χ1v) is 10.9. The number of hydrogen-bond acceptors (Lipinski definition) is 2. The zero-order valence-corrected chi connectivity index (χ0v) is 17.6. The van der Waals surface area contributed by atoms with Gasteiger partial charge in [0.2, 0.25) is 0 Å². The van der Waals surface area contributed by atoms with Crippen molar-refractivity contribution in [2.45, 2.75) is 38.6 Å². The van der Waals surface area contributed by atoms with Gasteiger partial charge in [-0.2, -0.15) is 0 Å². The van der Waals surface area contributed by atoms with Gasteiger partial charge in [-0.25, -0.2) is 0 Å². The van der Waals surface area contributed by atoms with Crippen LogP contribution in [0.5, 0.6) is 0 Å². The van der Waals surface area contributed by atoms with Crippen molar-refractivity contribution in [3.05, 3.63) is 108 Å². The number of benzene rings is 2. The van der Waals surface area contributed by atoms with Crippen molar-refractivity contribution in [2.75, 3.05) is 0 Å². The quantitative estimate of drug-likeness (QED) is 0.565. The molecule has 2 aromatic rings. The first kappa shape index (κ1) is 20.2. The normalized spacial score (nSPS) is 18.8.